The molecule has 18 heavy (non-hydrogen) atoms. The highest BCUT2D eigenvalue weighted by atomic mass is 16.6. The van der Waals surface area contributed by atoms with Crippen molar-refractivity contribution in [2.45, 2.75) is 45.8 Å². The van der Waals surface area contributed by atoms with E-state index in [0.29, 0.717) is 5.69 Å². The molecular weight excluding hydrogens is 234 g/mol. The molecule has 0 aliphatic rings. The Bertz CT molecular complexity index is 416. The Labute approximate surface area is 106 Å². The number of hydrogen-bond donors (Lipinski definition) is 2. The van der Waals surface area contributed by atoms with Gasteiger partial charge in [0, 0.05) is 0 Å². The molecule has 6 nitrogen and oxygen atoms in total. The molecular formula is C12H19N3O3. The number of aliphatic hydroxyl groups is 1. The summed E-state index contributed by atoms with van der Waals surface area (Å²) in [6, 6.07) is 0. The lowest BCUT2D eigenvalue weighted by atomic mass is 10.1. The average molecular weight is 253 g/mol. The first kappa shape index (κ1) is 14.4. The van der Waals surface area contributed by atoms with E-state index < -0.39 is 17.3 Å². The maximum atomic E-state index is 11.5. The Hall–Kier alpha value is -1.69. The second-order valence-electron chi connectivity index (χ2n) is 5.47. The number of amides is 1. The van der Waals surface area contributed by atoms with Gasteiger partial charge in [-0.3, -0.25) is 10.3 Å². The molecule has 0 fully saturated rings. The van der Waals surface area contributed by atoms with Crippen LogP contribution in [0.3, 0.4) is 0 Å². The van der Waals surface area contributed by atoms with E-state index >= 15 is 0 Å². The minimum absolute atomic E-state index is 0.275. The molecule has 0 unspecified atom stereocenters. The third-order valence-electron chi connectivity index (χ3n) is 1.91. The molecule has 1 aromatic heterocycles. The van der Waals surface area contributed by atoms with Crippen LogP contribution in [0.15, 0.2) is 12.4 Å². The topological polar surface area (TPSA) is 84.3 Å². The zero-order valence-corrected chi connectivity index (χ0v) is 11.3. The van der Waals surface area contributed by atoms with Crippen molar-refractivity contribution < 1.29 is 14.6 Å². The fourth-order valence-corrected chi connectivity index (χ4v) is 1.12. The number of carbonyl (C=O) groups is 1. The first-order valence-electron chi connectivity index (χ1n) is 5.63. The molecule has 1 amide bonds. The van der Waals surface area contributed by atoms with E-state index in [1.165, 1.54) is 12.4 Å². The van der Waals surface area contributed by atoms with Gasteiger partial charge in [-0.2, -0.15) is 0 Å². The number of hydrogen-bond acceptors (Lipinski definition) is 5. The molecule has 1 rings (SSSR count). The Balaban J connectivity index is 2.67. The highest BCUT2D eigenvalue weighted by molar-refractivity contribution is 5.83. The summed E-state index contributed by atoms with van der Waals surface area (Å²) in [6.07, 6.45) is 2.19. The molecule has 0 atom stereocenters. The van der Waals surface area contributed by atoms with Crippen molar-refractivity contribution in [1.29, 1.82) is 0 Å². The van der Waals surface area contributed by atoms with Crippen LogP contribution in [0.4, 0.5) is 10.6 Å². The number of rotatable bonds is 2. The number of nitrogens with zero attached hydrogens (tertiary/aromatic N) is 2. The molecule has 0 aromatic carbocycles. The van der Waals surface area contributed by atoms with E-state index in [-0.39, 0.29) is 5.82 Å². The zero-order chi connectivity index (χ0) is 14.0. The zero-order valence-electron chi connectivity index (χ0n) is 11.3. The maximum absolute atomic E-state index is 11.5. The predicted molar refractivity (Wildman–Crippen MR) is 67.1 cm³/mol. The Morgan fingerprint density at radius 2 is 1.83 bits per heavy atom. The quantitative estimate of drug-likeness (QED) is 0.842. The van der Waals surface area contributed by atoms with Crippen LogP contribution in [0.5, 0.6) is 0 Å². The summed E-state index contributed by atoms with van der Waals surface area (Å²) < 4.78 is 5.07. The largest absolute Gasteiger partial charge is 0.444 e. The van der Waals surface area contributed by atoms with Gasteiger partial charge in [0.15, 0.2) is 5.82 Å². The third-order valence-corrected chi connectivity index (χ3v) is 1.91. The minimum Gasteiger partial charge on any atom is -0.444 e. The highest BCUT2D eigenvalue weighted by Crippen LogP contribution is 2.16. The molecule has 2 N–H and O–H groups in total. The van der Waals surface area contributed by atoms with Crippen LogP contribution in [0.25, 0.3) is 0 Å². The van der Waals surface area contributed by atoms with Crippen molar-refractivity contribution in [3.8, 4) is 0 Å². The van der Waals surface area contributed by atoms with E-state index in [2.05, 4.69) is 15.3 Å². The second-order valence-corrected chi connectivity index (χ2v) is 5.47. The summed E-state index contributed by atoms with van der Waals surface area (Å²) in [5, 5.41) is 12.2. The van der Waals surface area contributed by atoms with Gasteiger partial charge in [-0.25, -0.2) is 9.78 Å². The molecule has 0 aliphatic carbocycles. The second kappa shape index (κ2) is 4.89. The molecule has 0 aliphatic heterocycles. The molecule has 1 aromatic rings. The Morgan fingerprint density at radius 1 is 1.22 bits per heavy atom. The molecule has 1 heterocycles. The van der Waals surface area contributed by atoms with Gasteiger partial charge >= 0.3 is 6.09 Å². The minimum atomic E-state index is -1.06. The van der Waals surface area contributed by atoms with E-state index in [0.717, 1.165) is 0 Å². The summed E-state index contributed by atoms with van der Waals surface area (Å²) in [5.74, 6) is 0.275. The van der Waals surface area contributed by atoms with Crippen molar-refractivity contribution in [2.75, 3.05) is 5.32 Å². The summed E-state index contributed by atoms with van der Waals surface area (Å²) >= 11 is 0. The summed E-state index contributed by atoms with van der Waals surface area (Å²) in [5.41, 5.74) is -1.20. The third kappa shape index (κ3) is 4.67. The predicted octanol–water partition coefficient (Wildman–Crippen LogP) is 2.05. The van der Waals surface area contributed by atoms with Gasteiger partial charge in [0.2, 0.25) is 0 Å². The van der Waals surface area contributed by atoms with Crippen LogP contribution in [0, 0.1) is 0 Å². The van der Waals surface area contributed by atoms with Crippen molar-refractivity contribution in [3.05, 3.63) is 18.1 Å². The highest BCUT2D eigenvalue weighted by Gasteiger charge is 2.19. The van der Waals surface area contributed by atoms with Gasteiger partial charge in [0.25, 0.3) is 0 Å². The standard InChI is InChI=1S/C12H19N3O3/c1-11(2,3)18-10(16)15-9-7-13-8(6-14-9)12(4,5)17/h6-7,17H,1-5H3,(H,14,15,16). The SMILES string of the molecule is CC(C)(C)OC(=O)Nc1cnc(C(C)(C)O)cn1. The van der Waals surface area contributed by atoms with Crippen molar-refractivity contribution in [3.63, 3.8) is 0 Å². The molecule has 0 saturated carbocycles. The lowest BCUT2D eigenvalue weighted by molar-refractivity contribution is 0.0635. The van der Waals surface area contributed by atoms with Crippen LogP contribution in [-0.2, 0) is 10.3 Å². The average Bonchev–Trinajstić information content (AvgIpc) is 2.13. The number of nitrogens with one attached hydrogen (secondary N) is 1. The number of aromatic nitrogens is 2. The van der Waals surface area contributed by atoms with Gasteiger partial charge in [0.05, 0.1) is 18.1 Å². The number of anilines is 1. The lowest BCUT2D eigenvalue weighted by Crippen LogP contribution is -2.27. The fourth-order valence-electron chi connectivity index (χ4n) is 1.12. The molecule has 6 heteroatoms. The van der Waals surface area contributed by atoms with E-state index in [1.807, 2.05) is 0 Å². The monoisotopic (exact) mass is 253 g/mol. The smallest absolute Gasteiger partial charge is 0.413 e. The summed E-state index contributed by atoms with van der Waals surface area (Å²) in [4.78, 5) is 19.5. The van der Waals surface area contributed by atoms with Crippen LogP contribution in [-0.4, -0.2) is 26.8 Å². The first-order chi connectivity index (χ1) is 8.08. The van der Waals surface area contributed by atoms with Gasteiger partial charge in [-0.1, -0.05) is 0 Å². The lowest BCUT2D eigenvalue weighted by Gasteiger charge is -2.19. The summed E-state index contributed by atoms with van der Waals surface area (Å²) in [6.45, 7) is 8.54. The van der Waals surface area contributed by atoms with Crippen LogP contribution in [0.1, 0.15) is 40.3 Å². The van der Waals surface area contributed by atoms with Gasteiger partial charge in [-0.15, -0.1) is 0 Å². The van der Waals surface area contributed by atoms with E-state index in [1.54, 1.807) is 34.6 Å². The van der Waals surface area contributed by atoms with E-state index in [9.17, 15) is 9.90 Å². The number of ether oxygens (including phenoxy) is 1. The van der Waals surface area contributed by atoms with Crippen LogP contribution < -0.4 is 5.32 Å². The van der Waals surface area contributed by atoms with Gasteiger partial charge in [-0.05, 0) is 34.6 Å². The van der Waals surface area contributed by atoms with Crippen LogP contribution in [0.2, 0.25) is 0 Å². The Kier molecular flexibility index (Phi) is 3.91. The molecule has 0 radical (unpaired) electrons. The fraction of sp³-hybridized carbons (Fsp3) is 0.583. The van der Waals surface area contributed by atoms with Crippen molar-refractivity contribution in [2.24, 2.45) is 0 Å². The summed E-state index contributed by atoms with van der Waals surface area (Å²) in [7, 11) is 0. The first-order valence-corrected chi connectivity index (χ1v) is 5.63. The van der Waals surface area contributed by atoms with Crippen molar-refractivity contribution >= 4 is 11.9 Å². The Morgan fingerprint density at radius 3 is 2.22 bits per heavy atom. The van der Waals surface area contributed by atoms with Crippen molar-refractivity contribution in [1.82, 2.24) is 9.97 Å². The van der Waals surface area contributed by atoms with Gasteiger partial charge in [0.1, 0.15) is 11.2 Å². The molecule has 0 saturated heterocycles. The van der Waals surface area contributed by atoms with Crippen LogP contribution >= 0.6 is 0 Å². The molecule has 0 bridgehead atoms. The van der Waals surface area contributed by atoms with E-state index in [4.69, 9.17) is 4.74 Å². The maximum Gasteiger partial charge on any atom is 0.413 e. The number of carbonyl (C=O) groups excluding carboxylic acids is 1. The van der Waals surface area contributed by atoms with Gasteiger partial charge < -0.3 is 9.84 Å². The normalized spacial score (nSPS) is 12.1. The molecule has 0 spiro atoms. The molecule has 100 valence electrons.